The lowest BCUT2D eigenvalue weighted by molar-refractivity contribution is 0.0782. The molecule has 0 unspecified atom stereocenters. The minimum atomic E-state index is -0.287. The van der Waals surface area contributed by atoms with Crippen molar-refractivity contribution < 1.29 is 4.74 Å². The Balaban J connectivity index is 1.92. The maximum absolute atomic E-state index is 5.84. The molecule has 2 rings (SSSR count). The highest BCUT2D eigenvalue weighted by Gasteiger charge is 2.16. The van der Waals surface area contributed by atoms with Crippen molar-refractivity contribution in [2.75, 3.05) is 6.61 Å². The first kappa shape index (κ1) is 11.5. The molecule has 1 aromatic rings. The molecule has 0 aromatic carbocycles. The molecule has 0 radical (unpaired) electrons. The molecule has 90 valence electrons. The second-order valence-corrected chi connectivity index (χ2v) is 5.12. The molecule has 2 heterocycles. The van der Waals surface area contributed by atoms with Crippen LogP contribution < -0.4 is 5.73 Å². The maximum atomic E-state index is 5.84. The van der Waals surface area contributed by atoms with E-state index in [0.717, 1.165) is 24.6 Å². The summed E-state index contributed by atoms with van der Waals surface area (Å²) in [6.07, 6.45) is 3.46. The Morgan fingerprint density at radius 3 is 2.94 bits per heavy atom. The Labute approximate surface area is 96.0 Å². The van der Waals surface area contributed by atoms with E-state index in [4.69, 9.17) is 10.5 Å². The lowest BCUT2D eigenvalue weighted by Crippen LogP contribution is -2.37. The highest BCUT2D eigenvalue weighted by atomic mass is 16.5. The van der Waals surface area contributed by atoms with Crippen LogP contribution in [0.1, 0.15) is 38.3 Å². The first-order valence-electron chi connectivity index (χ1n) is 5.84. The van der Waals surface area contributed by atoms with E-state index in [1.54, 1.807) is 0 Å². The molecule has 0 saturated heterocycles. The third-order valence-electron chi connectivity index (χ3n) is 2.64. The Morgan fingerprint density at radius 2 is 2.19 bits per heavy atom. The molecule has 0 saturated carbocycles. The van der Waals surface area contributed by atoms with Crippen molar-refractivity contribution in [1.29, 1.82) is 0 Å². The quantitative estimate of drug-likeness (QED) is 0.824. The van der Waals surface area contributed by atoms with Crippen LogP contribution in [0.2, 0.25) is 0 Å². The van der Waals surface area contributed by atoms with Crippen LogP contribution in [0.25, 0.3) is 0 Å². The van der Waals surface area contributed by atoms with Crippen LogP contribution in [-0.2, 0) is 24.3 Å². The number of aromatic nitrogens is 3. The highest BCUT2D eigenvalue weighted by Crippen LogP contribution is 2.14. The van der Waals surface area contributed by atoms with E-state index < -0.39 is 0 Å². The number of nitrogens with two attached hydrogens (primary N) is 1. The number of hydrogen-bond donors (Lipinski definition) is 1. The standard InChI is InChI=1S/C11H20N4O/c1-11(2,12)8-16-7-10-14-13-9-5-3-4-6-15(9)10/h3-8,12H2,1-2H3. The first-order chi connectivity index (χ1) is 7.56. The van der Waals surface area contributed by atoms with E-state index in [9.17, 15) is 0 Å². The number of fused-ring (bicyclic) bond motifs is 1. The number of ether oxygens (including phenoxy) is 1. The Hall–Kier alpha value is -0.940. The Kier molecular flexibility index (Phi) is 3.25. The average Bonchev–Trinajstić information content (AvgIpc) is 2.60. The Morgan fingerprint density at radius 1 is 1.38 bits per heavy atom. The van der Waals surface area contributed by atoms with Crippen LogP contribution in [0.15, 0.2) is 0 Å². The molecule has 0 fully saturated rings. The summed E-state index contributed by atoms with van der Waals surface area (Å²) in [6, 6.07) is 0. The van der Waals surface area contributed by atoms with E-state index in [-0.39, 0.29) is 5.54 Å². The van der Waals surface area contributed by atoms with Crippen LogP contribution in [-0.4, -0.2) is 26.9 Å². The summed E-state index contributed by atoms with van der Waals surface area (Å²) in [5.74, 6) is 2.02. The monoisotopic (exact) mass is 224 g/mol. The van der Waals surface area contributed by atoms with Gasteiger partial charge in [-0.05, 0) is 26.7 Å². The lowest BCUT2D eigenvalue weighted by Gasteiger charge is -2.19. The van der Waals surface area contributed by atoms with E-state index in [1.807, 2.05) is 13.8 Å². The fourth-order valence-electron chi connectivity index (χ4n) is 1.88. The number of hydrogen-bond acceptors (Lipinski definition) is 4. The van der Waals surface area contributed by atoms with Gasteiger partial charge in [-0.25, -0.2) is 0 Å². The van der Waals surface area contributed by atoms with Gasteiger partial charge in [0.25, 0.3) is 0 Å². The van der Waals surface area contributed by atoms with Gasteiger partial charge in [0.05, 0.1) is 6.61 Å². The summed E-state index contributed by atoms with van der Waals surface area (Å²) in [6.45, 7) is 5.97. The van der Waals surface area contributed by atoms with Crippen LogP contribution in [0.4, 0.5) is 0 Å². The summed E-state index contributed by atoms with van der Waals surface area (Å²) in [5, 5.41) is 8.34. The molecular weight excluding hydrogens is 204 g/mol. The van der Waals surface area contributed by atoms with E-state index in [2.05, 4.69) is 14.8 Å². The van der Waals surface area contributed by atoms with Gasteiger partial charge in [0.2, 0.25) is 0 Å². The topological polar surface area (TPSA) is 66.0 Å². The first-order valence-corrected chi connectivity index (χ1v) is 5.84. The molecule has 0 atom stereocenters. The Bertz CT molecular complexity index is 353. The fourth-order valence-corrected chi connectivity index (χ4v) is 1.88. The van der Waals surface area contributed by atoms with Gasteiger partial charge in [-0.3, -0.25) is 0 Å². The molecule has 0 bridgehead atoms. The lowest BCUT2D eigenvalue weighted by atomic mass is 10.1. The molecule has 0 aliphatic carbocycles. The third-order valence-corrected chi connectivity index (χ3v) is 2.64. The van der Waals surface area contributed by atoms with Crippen molar-refractivity contribution in [1.82, 2.24) is 14.8 Å². The molecule has 2 N–H and O–H groups in total. The van der Waals surface area contributed by atoms with Crippen molar-refractivity contribution in [2.24, 2.45) is 5.73 Å². The smallest absolute Gasteiger partial charge is 0.159 e. The maximum Gasteiger partial charge on any atom is 0.159 e. The van der Waals surface area contributed by atoms with Gasteiger partial charge in [-0.1, -0.05) is 0 Å². The third kappa shape index (κ3) is 2.80. The van der Waals surface area contributed by atoms with Gasteiger partial charge < -0.3 is 15.0 Å². The SMILES string of the molecule is CC(C)(N)COCc1nnc2n1CCCC2. The van der Waals surface area contributed by atoms with E-state index >= 15 is 0 Å². The summed E-state index contributed by atoms with van der Waals surface area (Å²) in [5.41, 5.74) is 5.56. The number of aryl methyl sites for hydroxylation is 1. The zero-order chi connectivity index (χ0) is 11.6. The van der Waals surface area contributed by atoms with Crippen LogP contribution >= 0.6 is 0 Å². The van der Waals surface area contributed by atoms with Crippen molar-refractivity contribution in [2.45, 2.75) is 51.8 Å². The summed E-state index contributed by atoms with van der Waals surface area (Å²) >= 11 is 0. The van der Waals surface area contributed by atoms with Gasteiger partial charge in [-0.2, -0.15) is 0 Å². The summed E-state index contributed by atoms with van der Waals surface area (Å²) < 4.78 is 7.73. The van der Waals surface area contributed by atoms with Crippen LogP contribution in [0, 0.1) is 0 Å². The van der Waals surface area contributed by atoms with Gasteiger partial charge >= 0.3 is 0 Å². The molecule has 1 aromatic heterocycles. The molecule has 0 spiro atoms. The molecule has 5 heteroatoms. The molecule has 0 amide bonds. The predicted octanol–water partition coefficient (Wildman–Crippen LogP) is 0.868. The molecule has 1 aliphatic rings. The summed E-state index contributed by atoms with van der Waals surface area (Å²) in [7, 11) is 0. The van der Waals surface area contributed by atoms with Crippen LogP contribution in [0.5, 0.6) is 0 Å². The molecule has 1 aliphatic heterocycles. The normalized spacial score (nSPS) is 16.2. The minimum Gasteiger partial charge on any atom is -0.372 e. The van der Waals surface area contributed by atoms with Crippen molar-refractivity contribution in [3.05, 3.63) is 11.6 Å². The van der Waals surface area contributed by atoms with Crippen molar-refractivity contribution in [3.63, 3.8) is 0 Å². The van der Waals surface area contributed by atoms with Crippen LogP contribution in [0.3, 0.4) is 0 Å². The fraction of sp³-hybridized carbons (Fsp3) is 0.818. The van der Waals surface area contributed by atoms with E-state index in [1.165, 1.54) is 12.8 Å². The predicted molar refractivity (Wildman–Crippen MR) is 60.9 cm³/mol. The highest BCUT2D eigenvalue weighted by molar-refractivity contribution is 4.97. The van der Waals surface area contributed by atoms with Crippen molar-refractivity contribution >= 4 is 0 Å². The summed E-state index contributed by atoms with van der Waals surface area (Å²) in [4.78, 5) is 0. The zero-order valence-electron chi connectivity index (χ0n) is 10.1. The van der Waals surface area contributed by atoms with E-state index in [0.29, 0.717) is 13.2 Å². The minimum absolute atomic E-state index is 0.287. The average molecular weight is 224 g/mol. The van der Waals surface area contributed by atoms with Gasteiger partial charge in [0.15, 0.2) is 5.82 Å². The zero-order valence-corrected chi connectivity index (χ0v) is 10.1. The molecular formula is C11H20N4O. The second kappa shape index (κ2) is 4.51. The van der Waals surface area contributed by atoms with Gasteiger partial charge in [-0.15, -0.1) is 10.2 Å². The number of nitrogens with zero attached hydrogens (tertiary/aromatic N) is 3. The molecule has 16 heavy (non-hydrogen) atoms. The van der Waals surface area contributed by atoms with Gasteiger partial charge in [0, 0.05) is 18.5 Å². The second-order valence-electron chi connectivity index (χ2n) is 5.12. The largest absolute Gasteiger partial charge is 0.372 e. The van der Waals surface area contributed by atoms with Gasteiger partial charge in [0.1, 0.15) is 12.4 Å². The number of rotatable bonds is 4. The van der Waals surface area contributed by atoms with Crippen molar-refractivity contribution in [3.8, 4) is 0 Å². The molecule has 5 nitrogen and oxygen atoms in total.